The fourth-order valence-corrected chi connectivity index (χ4v) is 34.8. The Balaban J connectivity index is 1.27. The summed E-state index contributed by atoms with van der Waals surface area (Å²) in [5.74, 6) is 3.60. The zero-order valence-electron chi connectivity index (χ0n) is 73.5. The summed E-state index contributed by atoms with van der Waals surface area (Å²) in [5.41, 5.74) is 13.0. The van der Waals surface area contributed by atoms with Crippen LogP contribution in [0.2, 0.25) is 26.2 Å². The van der Waals surface area contributed by atoms with Gasteiger partial charge in [0.15, 0.2) is 0 Å². The number of ether oxygens (including phenoxy) is 4. The van der Waals surface area contributed by atoms with Crippen molar-refractivity contribution in [2.75, 3.05) is 26.4 Å². The molecule has 632 valence electrons. The molecule has 4 aromatic rings. The van der Waals surface area contributed by atoms with E-state index in [2.05, 4.69) is 198 Å². The first-order valence-corrected chi connectivity index (χ1v) is 56.9. The van der Waals surface area contributed by atoms with E-state index in [-0.39, 0.29) is 0 Å². The van der Waals surface area contributed by atoms with E-state index >= 15 is 0 Å². The molecule has 0 unspecified atom stereocenters. The number of hydrogen-bond acceptors (Lipinski definition) is 8. The van der Waals surface area contributed by atoms with Gasteiger partial charge in [0.25, 0.3) is 0 Å². The topological polar surface area (TPSA) is 73.8 Å². The van der Waals surface area contributed by atoms with Gasteiger partial charge in [-0.25, -0.2) is 0 Å². The molecule has 5 rings (SSSR count). The molecule has 0 aliphatic carbocycles. The maximum absolute atomic E-state index is 7.67. The van der Waals surface area contributed by atoms with Crippen LogP contribution in [0.5, 0.6) is 23.0 Å². The SMILES string of the molecule is CCCCCCCCCCCCCCCCOc1ccc(/C=C/[Si]2(C)O[Si](C)(/C=C/c3ccc(OCCCCCCCCCCCCCCCC)cc3)O[Si](C)(/C=C/c3ccc(OCCCCCCCCCCCCCCCC)cc3)O[Si](C)(/C=C/c3ccc(OCCCCCCCCCCCCCCCC)cc3)O2)cc1. The van der Waals surface area contributed by atoms with Crippen LogP contribution in [-0.2, 0) is 16.5 Å². The molecule has 112 heavy (non-hydrogen) atoms. The van der Waals surface area contributed by atoms with Crippen molar-refractivity contribution in [2.24, 2.45) is 0 Å². The highest BCUT2D eigenvalue weighted by Crippen LogP contribution is 2.36. The van der Waals surface area contributed by atoms with Crippen molar-refractivity contribution in [1.82, 2.24) is 0 Å². The van der Waals surface area contributed by atoms with Crippen LogP contribution < -0.4 is 18.9 Å². The van der Waals surface area contributed by atoms with Crippen LogP contribution >= 0.6 is 0 Å². The van der Waals surface area contributed by atoms with Crippen LogP contribution in [0.3, 0.4) is 0 Å². The van der Waals surface area contributed by atoms with Crippen molar-refractivity contribution in [3.63, 3.8) is 0 Å². The van der Waals surface area contributed by atoms with Crippen LogP contribution in [0.1, 0.15) is 410 Å². The minimum Gasteiger partial charge on any atom is -0.494 e. The largest absolute Gasteiger partial charge is 0.494 e. The van der Waals surface area contributed by atoms with Gasteiger partial charge >= 0.3 is 34.2 Å². The van der Waals surface area contributed by atoms with Crippen molar-refractivity contribution in [2.45, 2.75) is 413 Å². The number of rotatable bonds is 72. The first-order valence-electron chi connectivity index (χ1n) is 47.4. The summed E-state index contributed by atoms with van der Waals surface area (Å²) in [4.78, 5) is 0. The van der Waals surface area contributed by atoms with Crippen molar-refractivity contribution >= 4 is 58.5 Å². The second-order valence-corrected chi connectivity index (χ2v) is 46.6. The van der Waals surface area contributed by atoms with Gasteiger partial charge in [0.1, 0.15) is 23.0 Å². The molecule has 1 saturated heterocycles. The molecule has 0 amide bonds. The molecule has 1 aliphatic rings. The highest BCUT2D eigenvalue weighted by molar-refractivity contribution is 6.99. The van der Waals surface area contributed by atoms with Gasteiger partial charge in [-0.05, 0) is 145 Å². The summed E-state index contributed by atoms with van der Waals surface area (Å²) in [7, 11) is -13.2. The third-order valence-electron chi connectivity index (χ3n) is 22.5. The van der Waals surface area contributed by atoms with E-state index in [9.17, 15) is 0 Å². The molecule has 1 aliphatic heterocycles. The molecule has 1 heterocycles. The Morgan fingerprint density at radius 2 is 0.312 bits per heavy atom. The Bertz CT molecular complexity index is 2540. The highest BCUT2D eigenvalue weighted by Gasteiger charge is 2.54. The summed E-state index contributed by atoms with van der Waals surface area (Å²) in [6, 6.07) is 34.0. The summed E-state index contributed by atoms with van der Waals surface area (Å²) in [6.45, 7) is 20.8. The predicted octanol–water partition coefficient (Wildman–Crippen LogP) is 32.8. The average molecular weight is 1610 g/mol. The number of hydrogen-bond donors (Lipinski definition) is 0. The Labute approximate surface area is 694 Å². The second-order valence-electron chi connectivity index (χ2n) is 33.9. The van der Waals surface area contributed by atoms with E-state index in [1.165, 1.54) is 334 Å². The predicted molar refractivity (Wildman–Crippen MR) is 496 cm³/mol. The molecular formula is C100H168O8Si4. The molecule has 0 radical (unpaired) electrons. The van der Waals surface area contributed by atoms with Crippen molar-refractivity contribution in [3.8, 4) is 23.0 Å². The monoisotopic (exact) mass is 1610 g/mol. The molecule has 0 aromatic heterocycles. The molecule has 0 spiro atoms. The Morgan fingerprint density at radius 1 is 0.188 bits per heavy atom. The third kappa shape index (κ3) is 50.4. The maximum Gasteiger partial charge on any atom is 0.344 e. The molecular weight excluding hydrogens is 1440 g/mol. The normalized spacial score (nSPS) is 18.2. The maximum atomic E-state index is 7.67. The minimum absolute atomic E-state index is 0.737. The lowest BCUT2D eigenvalue weighted by molar-refractivity contribution is 0.251. The van der Waals surface area contributed by atoms with Gasteiger partial charge in [-0.15, -0.1) is 0 Å². The van der Waals surface area contributed by atoms with E-state index < -0.39 is 34.2 Å². The van der Waals surface area contributed by atoms with Gasteiger partial charge in [0.05, 0.1) is 26.4 Å². The first kappa shape index (κ1) is 98.3. The molecule has 0 atom stereocenters. The molecule has 0 saturated carbocycles. The van der Waals surface area contributed by atoms with Gasteiger partial charge in [-0.1, -0.05) is 434 Å². The van der Waals surface area contributed by atoms with Crippen molar-refractivity contribution in [1.29, 1.82) is 0 Å². The van der Waals surface area contributed by atoms with E-state index in [0.717, 1.165) is 97.4 Å². The van der Waals surface area contributed by atoms with Crippen LogP contribution in [0.4, 0.5) is 0 Å². The Hall–Kier alpha value is -4.25. The van der Waals surface area contributed by atoms with E-state index in [1.807, 2.05) is 0 Å². The van der Waals surface area contributed by atoms with Crippen LogP contribution in [0.15, 0.2) is 120 Å². The number of benzene rings is 4. The van der Waals surface area contributed by atoms with Gasteiger partial charge in [-0.3, -0.25) is 0 Å². The van der Waals surface area contributed by atoms with Crippen LogP contribution in [0, 0.1) is 0 Å². The quantitative estimate of drug-likeness (QED) is 0.0320. The summed E-state index contributed by atoms with van der Waals surface area (Å²) >= 11 is 0. The lowest BCUT2D eigenvalue weighted by Crippen LogP contribution is -2.66. The standard InChI is InChI=1S/C100H168O8Si4/c1-9-13-17-21-25-29-33-37-41-45-49-53-57-61-85-101-97-73-65-93(66-74-97)81-89-109(5)105-110(6,90-82-94-67-75-98(76-68-94)102-86-62-58-54-50-46-42-38-34-30-26-22-18-14-10-2)107-112(8,92-84-96-71-79-100(80-72-96)104-88-64-60-56-52-48-44-40-36-32-28-24-20-16-12-4)108-111(7,106-109)91-83-95-69-77-99(78-70-95)103-87-63-59-55-51-47-43-39-35-31-27-23-19-15-11-3/h65-84,89-92H,9-64,85-88H2,1-8H3/b89-81+,90-82+,91-83+,92-84+. The second kappa shape index (κ2) is 64.8. The fraction of sp³-hybridized carbons (Fsp3) is 0.680. The third-order valence-corrected chi connectivity index (χ3v) is 38.6. The minimum atomic E-state index is -3.31. The van der Waals surface area contributed by atoms with E-state index in [4.69, 9.17) is 35.4 Å². The van der Waals surface area contributed by atoms with Gasteiger partial charge in [0, 0.05) is 0 Å². The smallest absolute Gasteiger partial charge is 0.344 e. The zero-order chi connectivity index (χ0) is 79.7. The molecule has 0 N–H and O–H groups in total. The Morgan fingerprint density at radius 3 is 0.446 bits per heavy atom. The fourth-order valence-electron chi connectivity index (χ4n) is 15.6. The molecule has 4 aromatic carbocycles. The van der Waals surface area contributed by atoms with Gasteiger partial charge in [-0.2, -0.15) is 0 Å². The highest BCUT2D eigenvalue weighted by atomic mass is 28.5. The van der Waals surface area contributed by atoms with Crippen LogP contribution in [0.25, 0.3) is 24.3 Å². The molecule has 1 fully saturated rings. The van der Waals surface area contributed by atoms with Gasteiger partial charge < -0.3 is 35.4 Å². The molecule has 12 heteroatoms. The summed E-state index contributed by atoms with van der Waals surface area (Å²) in [5, 5.41) is 0. The summed E-state index contributed by atoms with van der Waals surface area (Å²) in [6.07, 6.45) is 84.0. The van der Waals surface area contributed by atoms with Gasteiger partial charge in [0.2, 0.25) is 0 Å². The van der Waals surface area contributed by atoms with E-state index in [0.29, 0.717) is 0 Å². The lowest BCUT2D eigenvalue weighted by Gasteiger charge is -2.47. The molecule has 0 bridgehead atoms. The zero-order valence-corrected chi connectivity index (χ0v) is 77.5. The molecule has 8 nitrogen and oxygen atoms in total. The average Bonchev–Trinajstić information content (AvgIpc) is 0.764. The van der Waals surface area contributed by atoms with Crippen molar-refractivity contribution < 1.29 is 35.4 Å². The summed E-state index contributed by atoms with van der Waals surface area (Å²) < 4.78 is 55.9. The number of unbranched alkanes of at least 4 members (excludes halogenated alkanes) is 52. The lowest BCUT2D eigenvalue weighted by atomic mass is 10.0. The van der Waals surface area contributed by atoms with E-state index in [1.54, 1.807) is 0 Å². The van der Waals surface area contributed by atoms with Crippen molar-refractivity contribution in [3.05, 3.63) is 142 Å². The van der Waals surface area contributed by atoms with Crippen LogP contribution in [-0.4, -0.2) is 60.7 Å². The first-order chi connectivity index (χ1) is 54.9. The Kier molecular flexibility index (Phi) is 56.9.